The van der Waals surface area contributed by atoms with E-state index in [-0.39, 0.29) is 0 Å². The van der Waals surface area contributed by atoms with Crippen molar-refractivity contribution in [3.63, 3.8) is 0 Å². The molecule has 3 aromatic rings. The van der Waals surface area contributed by atoms with E-state index in [1.54, 1.807) is 30.3 Å². The number of aromatic nitrogens is 4. The first-order valence-corrected chi connectivity index (χ1v) is 10.1. The number of pyridine rings is 1. The first kappa shape index (κ1) is 22.8. The number of fused-ring (bicyclic) bond motifs is 1. The lowest BCUT2D eigenvalue weighted by Gasteiger charge is -2.49. The summed E-state index contributed by atoms with van der Waals surface area (Å²) in [6, 6.07) is 1.75. The molecule has 11 heteroatoms. The molecule has 4 rings (SSSR count). The molecule has 1 atom stereocenters. The lowest BCUT2D eigenvalue weighted by molar-refractivity contribution is -0.142. The average molecular weight is 455 g/mol. The van der Waals surface area contributed by atoms with Crippen molar-refractivity contribution >= 4 is 34.4 Å². The van der Waals surface area contributed by atoms with Crippen molar-refractivity contribution in [2.24, 2.45) is 0 Å². The highest BCUT2D eigenvalue weighted by Crippen LogP contribution is 2.36. The van der Waals surface area contributed by atoms with Gasteiger partial charge < -0.3 is 15.2 Å². The molecule has 0 aliphatic carbocycles. The van der Waals surface area contributed by atoms with Gasteiger partial charge in [0.1, 0.15) is 23.5 Å². The van der Waals surface area contributed by atoms with Crippen molar-refractivity contribution < 1.29 is 18.0 Å². The maximum absolute atomic E-state index is 12.4. The van der Waals surface area contributed by atoms with Crippen LogP contribution in [0.15, 0.2) is 30.9 Å². The minimum atomic E-state index is -4.47. The van der Waals surface area contributed by atoms with E-state index >= 15 is 0 Å². The van der Waals surface area contributed by atoms with Crippen molar-refractivity contribution in [1.82, 2.24) is 25.3 Å². The van der Waals surface area contributed by atoms with Crippen LogP contribution in [0.25, 0.3) is 22.3 Å². The molecule has 2 N–H and O–H groups in total. The quantitative estimate of drug-likeness (QED) is 0.612. The van der Waals surface area contributed by atoms with Crippen molar-refractivity contribution in [3.05, 3.63) is 35.9 Å². The maximum Gasteiger partial charge on any atom is 0.405 e. The smallest absolute Gasteiger partial charge is 0.345 e. The van der Waals surface area contributed by atoms with Crippen LogP contribution in [0.2, 0.25) is 5.02 Å². The molecule has 0 aromatic carbocycles. The number of hydrogen-bond acceptors (Lipinski definition) is 5. The van der Waals surface area contributed by atoms with E-state index in [0.29, 0.717) is 35.1 Å². The van der Waals surface area contributed by atoms with Gasteiger partial charge in [-0.25, -0.2) is 9.97 Å². The van der Waals surface area contributed by atoms with E-state index in [2.05, 4.69) is 19.9 Å². The van der Waals surface area contributed by atoms with Crippen LogP contribution in [-0.4, -0.2) is 50.6 Å². The predicted molar refractivity (Wildman–Crippen MR) is 113 cm³/mol. The van der Waals surface area contributed by atoms with Crippen LogP contribution < -0.4 is 10.2 Å². The van der Waals surface area contributed by atoms with Crippen LogP contribution >= 0.6 is 11.6 Å². The van der Waals surface area contributed by atoms with Crippen LogP contribution in [0.1, 0.15) is 27.2 Å². The second-order valence-electron chi connectivity index (χ2n) is 6.99. The molecule has 1 aliphatic rings. The summed E-state index contributed by atoms with van der Waals surface area (Å²) in [5.74, 6) is -0.292. The molecule has 7 nitrogen and oxygen atoms in total. The van der Waals surface area contributed by atoms with Crippen LogP contribution in [0, 0.1) is 0 Å². The Kier molecular flexibility index (Phi) is 6.40. The zero-order valence-corrected chi connectivity index (χ0v) is 18.0. The highest BCUT2D eigenvalue weighted by molar-refractivity contribution is 6.31. The number of nitrogens with one attached hydrogen (secondary N) is 2. The van der Waals surface area contributed by atoms with Gasteiger partial charge in [-0.1, -0.05) is 25.4 Å². The standard InChI is InChI=1S/C18H16ClF3N6O.C2H6/c1-17(16(29)26-9-18(20,21)22)2-3-28(17)14-8-23-7-13(27-14)12-6-25-15-11(12)4-10(19)5-24-15;1-2/h4-8H,2-3,9H2,1H3,(H,24,25)(H,26,29);1-2H3/t17-;/m1./s1. The zero-order chi connectivity index (χ0) is 22.8. The van der Waals surface area contributed by atoms with Crippen LogP contribution in [0.4, 0.5) is 19.0 Å². The Bertz CT molecular complexity index is 1090. The SMILES string of the molecule is CC.C[C@]1(C(=O)NCC(F)(F)F)CCN1c1cncc(-c2c[nH]c3ncc(Cl)cc23)n1. The van der Waals surface area contributed by atoms with Gasteiger partial charge in [0.15, 0.2) is 0 Å². The Balaban J connectivity index is 0.00000132. The fraction of sp³-hybridized carbons (Fsp3) is 0.400. The molecule has 4 heterocycles. The summed E-state index contributed by atoms with van der Waals surface area (Å²) in [4.78, 5) is 30.0. The summed E-state index contributed by atoms with van der Waals surface area (Å²) >= 11 is 6.04. The molecule has 166 valence electrons. The molecule has 0 unspecified atom stereocenters. The summed E-state index contributed by atoms with van der Waals surface area (Å²) in [5.41, 5.74) is 0.775. The summed E-state index contributed by atoms with van der Waals surface area (Å²) in [7, 11) is 0. The molecule has 1 aliphatic heterocycles. The number of H-pyrrole nitrogens is 1. The summed E-state index contributed by atoms with van der Waals surface area (Å²) in [5, 5.41) is 3.19. The molecule has 1 amide bonds. The molecular weight excluding hydrogens is 433 g/mol. The van der Waals surface area contributed by atoms with Gasteiger partial charge in [-0.05, 0) is 19.4 Å². The number of rotatable bonds is 4. The molecule has 0 spiro atoms. The average Bonchev–Trinajstić information content (AvgIpc) is 3.15. The third kappa shape index (κ3) is 4.58. The van der Waals surface area contributed by atoms with Gasteiger partial charge in [0.25, 0.3) is 0 Å². The van der Waals surface area contributed by atoms with Crippen molar-refractivity contribution in [1.29, 1.82) is 0 Å². The molecule has 0 saturated carbocycles. The monoisotopic (exact) mass is 454 g/mol. The topological polar surface area (TPSA) is 86.8 Å². The number of hydrogen-bond donors (Lipinski definition) is 2. The van der Waals surface area contributed by atoms with E-state index in [4.69, 9.17) is 11.6 Å². The number of halogens is 4. The highest BCUT2D eigenvalue weighted by Gasteiger charge is 2.48. The van der Waals surface area contributed by atoms with Crippen LogP contribution in [0.5, 0.6) is 0 Å². The summed E-state index contributed by atoms with van der Waals surface area (Å²) in [6.45, 7) is 4.70. The summed E-state index contributed by atoms with van der Waals surface area (Å²) in [6.07, 6.45) is 2.25. The van der Waals surface area contributed by atoms with Gasteiger partial charge in [0.2, 0.25) is 5.91 Å². The Morgan fingerprint density at radius 2 is 2.06 bits per heavy atom. The van der Waals surface area contributed by atoms with Gasteiger partial charge >= 0.3 is 6.18 Å². The second-order valence-corrected chi connectivity index (χ2v) is 7.42. The molecule has 0 bridgehead atoms. The molecule has 1 fully saturated rings. The Hall–Kier alpha value is -2.88. The number of anilines is 1. The lowest BCUT2D eigenvalue weighted by Crippen LogP contribution is -2.67. The van der Waals surface area contributed by atoms with E-state index in [1.807, 2.05) is 19.2 Å². The predicted octanol–water partition coefficient (Wildman–Crippen LogP) is 4.35. The fourth-order valence-electron chi connectivity index (χ4n) is 3.34. The second kappa shape index (κ2) is 8.70. The number of carbonyl (C=O) groups is 1. The zero-order valence-electron chi connectivity index (χ0n) is 17.2. The van der Waals surface area contributed by atoms with E-state index in [9.17, 15) is 18.0 Å². The minimum absolute atomic E-state index is 0.405. The molecule has 0 radical (unpaired) electrons. The van der Waals surface area contributed by atoms with Crippen LogP contribution in [0.3, 0.4) is 0 Å². The number of carbonyl (C=O) groups excluding carboxylic acids is 1. The van der Waals surface area contributed by atoms with Gasteiger partial charge in [-0.3, -0.25) is 9.78 Å². The molecular formula is C20H22ClF3N6O. The number of aromatic amines is 1. The van der Waals surface area contributed by atoms with E-state index < -0.39 is 24.2 Å². The van der Waals surface area contributed by atoms with Gasteiger partial charge in [-0.15, -0.1) is 0 Å². The Labute approximate surface area is 182 Å². The van der Waals surface area contributed by atoms with Crippen molar-refractivity contribution in [3.8, 4) is 11.3 Å². The molecule has 31 heavy (non-hydrogen) atoms. The Morgan fingerprint density at radius 1 is 1.32 bits per heavy atom. The largest absolute Gasteiger partial charge is 0.405 e. The Morgan fingerprint density at radius 3 is 2.71 bits per heavy atom. The first-order chi connectivity index (χ1) is 14.7. The third-order valence-corrected chi connectivity index (χ3v) is 5.24. The number of alkyl halides is 3. The first-order valence-electron chi connectivity index (χ1n) is 9.75. The molecule has 3 aromatic heterocycles. The minimum Gasteiger partial charge on any atom is -0.345 e. The number of amides is 1. The van der Waals surface area contributed by atoms with Crippen molar-refractivity contribution in [2.75, 3.05) is 18.0 Å². The fourth-order valence-corrected chi connectivity index (χ4v) is 3.50. The molecule has 1 saturated heterocycles. The van der Waals surface area contributed by atoms with E-state index in [1.165, 1.54) is 12.4 Å². The maximum atomic E-state index is 12.4. The van der Waals surface area contributed by atoms with Gasteiger partial charge in [0, 0.05) is 29.9 Å². The van der Waals surface area contributed by atoms with Crippen molar-refractivity contribution in [2.45, 2.75) is 38.9 Å². The third-order valence-electron chi connectivity index (χ3n) is 5.03. The van der Waals surface area contributed by atoms with Gasteiger partial charge in [-0.2, -0.15) is 13.2 Å². The normalized spacial score (nSPS) is 18.2. The lowest BCUT2D eigenvalue weighted by atomic mass is 9.85. The van der Waals surface area contributed by atoms with Crippen LogP contribution in [-0.2, 0) is 4.79 Å². The van der Waals surface area contributed by atoms with E-state index in [0.717, 1.165) is 10.9 Å². The summed E-state index contributed by atoms with van der Waals surface area (Å²) < 4.78 is 37.3. The van der Waals surface area contributed by atoms with Gasteiger partial charge in [0.05, 0.1) is 23.1 Å². The highest BCUT2D eigenvalue weighted by atomic mass is 35.5. The number of nitrogens with zero attached hydrogens (tertiary/aromatic N) is 4.